The van der Waals surface area contributed by atoms with Crippen LogP contribution in [0.25, 0.3) is 0 Å². The van der Waals surface area contributed by atoms with Crippen LogP contribution in [0, 0.1) is 10.1 Å². The van der Waals surface area contributed by atoms with E-state index in [4.69, 9.17) is 16.3 Å². The van der Waals surface area contributed by atoms with Gasteiger partial charge in [-0.1, -0.05) is 11.6 Å². The molecule has 10 nitrogen and oxygen atoms in total. The number of methoxy groups -OCH3 is 1. The Morgan fingerprint density at radius 1 is 1.07 bits per heavy atom. The van der Waals surface area contributed by atoms with E-state index in [-0.39, 0.29) is 35.5 Å². The van der Waals surface area contributed by atoms with Crippen LogP contribution in [-0.4, -0.2) is 36.3 Å². The SMILES string of the molecule is COc1ccc(Cl)cc1C(=O)NNC(=O)CCNC(=O)c1ccc([N+](=O)[O-])cc1. The fourth-order valence-electron chi connectivity index (χ4n) is 2.24. The van der Waals surface area contributed by atoms with Crippen molar-refractivity contribution in [1.82, 2.24) is 16.2 Å². The number of ether oxygens (including phenoxy) is 1. The van der Waals surface area contributed by atoms with E-state index in [0.717, 1.165) is 0 Å². The van der Waals surface area contributed by atoms with Crippen LogP contribution in [0.5, 0.6) is 5.75 Å². The summed E-state index contributed by atoms with van der Waals surface area (Å²) in [7, 11) is 1.40. The second-order valence-electron chi connectivity index (χ2n) is 5.66. The topological polar surface area (TPSA) is 140 Å². The minimum absolute atomic E-state index is 0.00197. The number of hydrazine groups is 1. The molecule has 11 heteroatoms. The van der Waals surface area contributed by atoms with Crippen LogP contribution >= 0.6 is 11.6 Å². The number of hydrogen-bond donors (Lipinski definition) is 3. The third-order valence-electron chi connectivity index (χ3n) is 3.70. The van der Waals surface area contributed by atoms with E-state index in [2.05, 4.69) is 16.2 Å². The molecule has 2 rings (SSSR count). The van der Waals surface area contributed by atoms with Crippen LogP contribution < -0.4 is 20.9 Å². The van der Waals surface area contributed by atoms with Gasteiger partial charge < -0.3 is 10.1 Å². The highest BCUT2D eigenvalue weighted by Crippen LogP contribution is 2.22. The molecule has 29 heavy (non-hydrogen) atoms. The first-order valence-electron chi connectivity index (χ1n) is 8.27. The highest BCUT2D eigenvalue weighted by atomic mass is 35.5. The van der Waals surface area contributed by atoms with E-state index in [9.17, 15) is 24.5 Å². The van der Waals surface area contributed by atoms with Crippen LogP contribution in [0.4, 0.5) is 5.69 Å². The predicted octanol–water partition coefficient (Wildman–Crippen LogP) is 1.84. The van der Waals surface area contributed by atoms with Gasteiger partial charge in [-0.15, -0.1) is 0 Å². The zero-order valence-electron chi connectivity index (χ0n) is 15.2. The minimum atomic E-state index is -0.618. The molecule has 0 fully saturated rings. The first-order chi connectivity index (χ1) is 13.8. The van der Waals surface area contributed by atoms with E-state index in [1.165, 1.54) is 43.5 Å². The van der Waals surface area contributed by atoms with Crippen molar-refractivity contribution in [2.75, 3.05) is 13.7 Å². The maximum Gasteiger partial charge on any atom is 0.273 e. The number of amides is 3. The number of hydrogen-bond acceptors (Lipinski definition) is 6. The summed E-state index contributed by atoms with van der Waals surface area (Å²) in [4.78, 5) is 46.0. The monoisotopic (exact) mass is 420 g/mol. The summed E-state index contributed by atoms with van der Waals surface area (Å²) < 4.78 is 5.07. The molecule has 3 N–H and O–H groups in total. The molecule has 0 atom stereocenters. The zero-order chi connectivity index (χ0) is 21.4. The van der Waals surface area contributed by atoms with Gasteiger partial charge in [0, 0.05) is 35.7 Å². The minimum Gasteiger partial charge on any atom is -0.496 e. The second kappa shape index (κ2) is 10.0. The molecular formula is C18H17ClN4O6. The molecule has 0 aliphatic heterocycles. The Balaban J connectivity index is 1.78. The number of carbonyl (C=O) groups excluding carboxylic acids is 3. The lowest BCUT2D eigenvalue weighted by molar-refractivity contribution is -0.384. The number of rotatable bonds is 7. The fraction of sp³-hybridized carbons (Fsp3) is 0.167. The molecule has 0 saturated heterocycles. The number of nitro benzene ring substituents is 1. The van der Waals surface area contributed by atoms with E-state index in [0.29, 0.717) is 5.02 Å². The molecule has 0 saturated carbocycles. The number of nitrogens with one attached hydrogen (secondary N) is 3. The van der Waals surface area contributed by atoms with Crippen molar-refractivity contribution in [3.8, 4) is 5.75 Å². The van der Waals surface area contributed by atoms with Crippen molar-refractivity contribution in [3.05, 3.63) is 68.7 Å². The van der Waals surface area contributed by atoms with Crippen molar-refractivity contribution in [1.29, 1.82) is 0 Å². The third kappa shape index (κ3) is 6.18. The normalized spacial score (nSPS) is 10.0. The number of non-ortho nitro benzene ring substituents is 1. The molecule has 2 aromatic carbocycles. The van der Waals surface area contributed by atoms with Gasteiger partial charge in [-0.3, -0.25) is 35.3 Å². The van der Waals surface area contributed by atoms with Crippen LogP contribution in [0.3, 0.4) is 0 Å². The van der Waals surface area contributed by atoms with E-state index in [1.807, 2.05) is 0 Å². The van der Waals surface area contributed by atoms with Crippen molar-refractivity contribution in [2.24, 2.45) is 0 Å². The lowest BCUT2D eigenvalue weighted by Crippen LogP contribution is -2.42. The molecule has 0 radical (unpaired) electrons. The van der Waals surface area contributed by atoms with Crippen LogP contribution in [0.15, 0.2) is 42.5 Å². The van der Waals surface area contributed by atoms with Crippen molar-refractivity contribution in [3.63, 3.8) is 0 Å². The summed E-state index contributed by atoms with van der Waals surface area (Å²) in [5.41, 5.74) is 4.69. The summed E-state index contributed by atoms with van der Waals surface area (Å²) in [6.45, 7) is -0.00197. The average molecular weight is 421 g/mol. The molecule has 2 aromatic rings. The van der Waals surface area contributed by atoms with Gasteiger partial charge in [0.15, 0.2) is 0 Å². The number of nitrogens with zero attached hydrogens (tertiary/aromatic N) is 1. The Morgan fingerprint density at radius 3 is 2.38 bits per heavy atom. The van der Waals surface area contributed by atoms with E-state index in [1.54, 1.807) is 6.07 Å². The quantitative estimate of drug-likeness (QED) is 0.461. The van der Waals surface area contributed by atoms with E-state index < -0.39 is 22.6 Å². The van der Waals surface area contributed by atoms with Gasteiger partial charge in [0.2, 0.25) is 5.91 Å². The summed E-state index contributed by atoms with van der Waals surface area (Å²) in [6.07, 6.45) is -0.105. The molecule has 0 spiro atoms. The molecule has 152 valence electrons. The molecule has 0 aliphatic rings. The second-order valence-corrected chi connectivity index (χ2v) is 6.09. The Kier molecular flexibility index (Phi) is 7.49. The number of benzene rings is 2. The summed E-state index contributed by atoms with van der Waals surface area (Å²) in [5.74, 6) is -1.35. The van der Waals surface area contributed by atoms with Crippen molar-refractivity contribution < 1.29 is 24.0 Å². The maximum atomic E-state index is 12.1. The molecule has 0 aromatic heterocycles. The Morgan fingerprint density at radius 2 is 1.76 bits per heavy atom. The lowest BCUT2D eigenvalue weighted by Gasteiger charge is -2.11. The van der Waals surface area contributed by atoms with Gasteiger partial charge in [0.25, 0.3) is 17.5 Å². The average Bonchev–Trinajstić information content (AvgIpc) is 2.71. The summed E-state index contributed by atoms with van der Waals surface area (Å²) in [5, 5.41) is 13.4. The molecule has 0 bridgehead atoms. The van der Waals surface area contributed by atoms with Crippen LogP contribution in [0.1, 0.15) is 27.1 Å². The van der Waals surface area contributed by atoms with Crippen molar-refractivity contribution >= 4 is 35.0 Å². The zero-order valence-corrected chi connectivity index (χ0v) is 16.0. The maximum absolute atomic E-state index is 12.1. The first kappa shape index (κ1) is 21.6. The summed E-state index contributed by atoms with van der Waals surface area (Å²) in [6, 6.07) is 9.52. The number of nitro groups is 1. The molecule has 0 unspecified atom stereocenters. The third-order valence-corrected chi connectivity index (χ3v) is 3.93. The Bertz CT molecular complexity index is 932. The standard InChI is InChI=1S/C18H17ClN4O6/c1-29-15-7-4-12(19)10-14(15)18(26)22-21-16(24)8-9-20-17(25)11-2-5-13(6-3-11)23(27)28/h2-7,10H,8-9H2,1H3,(H,20,25)(H,21,24)(H,22,26). The fourth-order valence-corrected chi connectivity index (χ4v) is 2.41. The number of halogens is 1. The molecule has 0 aliphatic carbocycles. The smallest absolute Gasteiger partial charge is 0.273 e. The van der Waals surface area contributed by atoms with Crippen LogP contribution in [0.2, 0.25) is 5.02 Å². The molecule has 3 amide bonds. The number of carbonyl (C=O) groups is 3. The molecular weight excluding hydrogens is 404 g/mol. The predicted molar refractivity (Wildman–Crippen MR) is 104 cm³/mol. The first-order valence-corrected chi connectivity index (χ1v) is 8.65. The van der Waals surface area contributed by atoms with Gasteiger partial charge >= 0.3 is 0 Å². The largest absolute Gasteiger partial charge is 0.496 e. The van der Waals surface area contributed by atoms with E-state index >= 15 is 0 Å². The lowest BCUT2D eigenvalue weighted by atomic mass is 10.2. The highest BCUT2D eigenvalue weighted by Gasteiger charge is 2.14. The van der Waals surface area contributed by atoms with Gasteiger partial charge in [0.05, 0.1) is 17.6 Å². The van der Waals surface area contributed by atoms with Gasteiger partial charge in [-0.25, -0.2) is 0 Å². The summed E-state index contributed by atoms with van der Waals surface area (Å²) >= 11 is 5.86. The van der Waals surface area contributed by atoms with Gasteiger partial charge in [-0.2, -0.15) is 0 Å². The van der Waals surface area contributed by atoms with Crippen LogP contribution in [-0.2, 0) is 4.79 Å². The molecule has 0 heterocycles. The Labute approximate surface area is 170 Å². The Hall–Kier alpha value is -3.66. The van der Waals surface area contributed by atoms with Gasteiger partial charge in [-0.05, 0) is 30.3 Å². The van der Waals surface area contributed by atoms with Gasteiger partial charge in [0.1, 0.15) is 5.75 Å². The highest BCUT2D eigenvalue weighted by molar-refractivity contribution is 6.31. The van der Waals surface area contributed by atoms with Crippen molar-refractivity contribution in [2.45, 2.75) is 6.42 Å².